The van der Waals surface area contributed by atoms with E-state index >= 15 is 0 Å². The Bertz CT molecular complexity index is 1050. The normalized spacial score (nSPS) is 22.0. The Morgan fingerprint density at radius 2 is 2.10 bits per heavy atom. The summed E-state index contributed by atoms with van der Waals surface area (Å²) in [6.07, 6.45) is 15.9. The van der Waals surface area contributed by atoms with E-state index in [0.29, 0.717) is 5.41 Å². The number of aromatic amines is 2. The maximum atomic E-state index is 12.7. The summed E-state index contributed by atoms with van der Waals surface area (Å²) >= 11 is 0. The summed E-state index contributed by atoms with van der Waals surface area (Å²) in [5, 5.41) is 11.0. The van der Waals surface area contributed by atoms with Gasteiger partial charge in [0.25, 0.3) is 0 Å². The predicted molar refractivity (Wildman–Crippen MR) is 115 cm³/mol. The number of aromatic nitrogens is 3. The van der Waals surface area contributed by atoms with E-state index in [4.69, 9.17) is 0 Å². The quantitative estimate of drug-likeness (QED) is 0.735. The van der Waals surface area contributed by atoms with Crippen molar-refractivity contribution in [3.63, 3.8) is 0 Å². The minimum Gasteiger partial charge on any atom is -0.357 e. The van der Waals surface area contributed by atoms with Gasteiger partial charge in [0.1, 0.15) is 5.69 Å². The van der Waals surface area contributed by atoms with Crippen molar-refractivity contribution in [1.82, 2.24) is 20.5 Å². The number of H-pyrrole nitrogens is 2. The second-order valence-corrected chi connectivity index (χ2v) is 9.29. The molecule has 0 fully saturated rings. The first-order chi connectivity index (χ1) is 14.0. The van der Waals surface area contributed by atoms with Crippen LogP contribution in [0.5, 0.6) is 0 Å². The lowest BCUT2D eigenvalue weighted by Crippen LogP contribution is -2.35. The molecule has 0 radical (unpaired) electrons. The molecule has 0 saturated carbocycles. The van der Waals surface area contributed by atoms with Gasteiger partial charge in [0.15, 0.2) is 0 Å². The first-order valence-corrected chi connectivity index (χ1v) is 10.6. The number of aryl methyl sites for hydroxylation is 1. The lowest BCUT2D eigenvalue weighted by molar-refractivity contribution is -0.118. The van der Waals surface area contributed by atoms with E-state index in [0.717, 1.165) is 54.6 Å². The molecule has 1 amide bonds. The van der Waals surface area contributed by atoms with E-state index in [9.17, 15) is 4.79 Å². The molecule has 0 bridgehead atoms. The number of carbonyl (C=O) groups excluding carboxylic acids is 1. The number of rotatable bonds is 3. The van der Waals surface area contributed by atoms with Gasteiger partial charge in [0.2, 0.25) is 5.91 Å². The number of nitrogens with zero attached hydrogens (tertiary/aromatic N) is 1. The summed E-state index contributed by atoms with van der Waals surface area (Å²) in [5.41, 5.74) is 8.23. The summed E-state index contributed by atoms with van der Waals surface area (Å²) in [5.74, 6) is 0.0442. The second kappa shape index (κ2) is 6.90. The van der Waals surface area contributed by atoms with E-state index in [1.165, 1.54) is 23.4 Å². The molecule has 29 heavy (non-hydrogen) atoms. The third kappa shape index (κ3) is 3.50. The number of nitrogens with one attached hydrogen (secondary N) is 3. The van der Waals surface area contributed by atoms with Crippen LogP contribution in [-0.2, 0) is 24.1 Å². The fourth-order valence-corrected chi connectivity index (χ4v) is 4.69. The maximum absolute atomic E-state index is 12.7. The molecule has 3 N–H and O–H groups in total. The van der Waals surface area contributed by atoms with Gasteiger partial charge < -0.3 is 10.3 Å². The first kappa shape index (κ1) is 18.2. The van der Waals surface area contributed by atoms with Crippen LogP contribution in [0.3, 0.4) is 0 Å². The average Bonchev–Trinajstić information content (AvgIpc) is 3.30. The third-order valence-corrected chi connectivity index (χ3v) is 6.41. The van der Waals surface area contributed by atoms with Gasteiger partial charge in [-0.25, -0.2) is 0 Å². The molecule has 5 nitrogen and oxygen atoms in total. The van der Waals surface area contributed by atoms with Crippen molar-refractivity contribution >= 4 is 12.0 Å². The fraction of sp³-hybridized carbons (Fsp3) is 0.417. The highest BCUT2D eigenvalue weighted by molar-refractivity contribution is 5.99. The van der Waals surface area contributed by atoms with E-state index in [1.54, 1.807) is 0 Å². The molecule has 1 unspecified atom stereocenters. The smallest absolute Gasteiger partial charge is 0.247 e. The van der Waals surface area contributed by atoms with Crippen molar-refractivity contribution in [3.05, 3.63) is 58.5 Å². The molecule has 2 aromatic heterocycles. The summed E-state index contributed by atoms with van der Waals surface area (Å²) in [4.78, 5) is 16.3. The Morgan fingerprint density at radius 3 is 2.93 bits per heavy atom. The number of allylic oxidation sites excluding steroid dienone is 2. The molecule has 3 aliphatic rings. The summed E-state index contributed by atoms with van der Waals surface area (Å²) in [7, 11) is 0. The van der Waals surface area contributed by atoms with Crippen LogP contribution in [0.1, 0.15) is 55.6 Å². The highest BCUT2D eigenvalue weighted by Crippen LogP contribution is 2.38. The number of fused-ring (bicyclic) bond motifs is 2. The zero-order chi connectivity index (χ0) is 20.0. The third-order valence-electron chi connectivity index (χ3n) is 6.41. The molecule has 150 valence electrons. The van der Waals surface area contributed by atoms with Crippen molar-refractivity contribution in [2.24, 2.45) is 5.41 Å². The first-order valence-electron chi connectivity index (χ1n) is 10.6. The van der Waals surface area contributed by atoms with Gasteiger partial charge in [-0.1, -0.05) is 38.2 Å². The molecule has 0 saturated heterocycles. The summed E-state index contributed by atoms with van der Waals surface area (Å²) in [6.45, 7) is 4.64. The Hall–Kier alpha value is -2.82. The van der Waals surface area contributed by atoms with Crippen molar-refractivity contribution in [2.75, 3.05) is 0 Å². The van der Waals surface area contributed by atoms with Crippen LogP contribution in [0.15, 0.2) is 35.9 Å². The summed E-state index contributed by atoms with van der Waals surface area (Å²) in [6, 6.07) is 2.25. The van der Waals surface area contributed by atoms with Crippen molar-refractivity contribution in [2.45, 2.75) is 58.4 Å². The monoisotopic (exact) mass is 388 g/mol. The standard InChI is InChI=1S/C24H28N4O/c1-24(2)11-10-18-21(14-24)27-28-22(18)20-13-16-12-15(8-9-19(16)26-20)23(29)25-17-6-4-3-5-7-17/h3-6,12-13,17,26H,7-11,14H2,1-2H3,(H,25,29)(H,27,28). The zero-order valence-corrected chi connectivity index (χ0v) is 17.1. The largest absolute Gasteiger partial charge is 0.357 e. The number of hydrogen-bond donors (Lipinski definition) is 3. The second-order valence-electron chi connectivity index (χ2n) is 9.29. The number of carbonyl (C=O) groups is 1. The average molecular weight is 389 g/mol. The Morgan fingerprint density at radius 1 is 1.21 bits per heavy atom. The van der Waals surface area contributed by atoms with Crippen molar-refractivity contribution < 1.29 is 4.79 Å². The minimum atomic E-state index is 0.0442. The van der Waals surface area contributed by atoms with Gasteiger partial charge in [-0.2, -0.15) is 5.10 Å². The van der Waals surface area contributed by atoms with Crippen LogP contribution in [0, 0.1) is 5.41 Å². The summed E-state index contributed by atoms with van der Waals surface area (Å²) < 4.78 is 0. The van der Waals surface area contributed by atoms with Crippen LogP contribution >= 0.6 is 0 Å². The molecule has 5 heteroatoms. The molecule has 5 rings (SSSR count). The number of amides is 1. The van der Waals surface area contributed by atoms with Gasteiger partial charge in [0.05, 0.1) is 11.7 Å². The Balaban J connectivity index is 1.37. The van der Waals surface area contributed by atoms with Gasteiger partial charge >= 0.3 is 0 Å². The Labute approximate surface area is 171 Å². The van der Waals surface area contributed by atoms with E-state index in [2.05, 4.69) is 46.5 Å². The van der Waals surface area contributed by atoms with Crippen LogP contribution in [0.25, 0.3) is 17.5 Å². The highest BCUT2D eigenvalue weighted by Gasteiger charge is 2.30. The molecule has 0 spiro atoms. The molecule has 0 aromatic carbocycles. The van der Waals surface area contributed by atoms with Crippen LogP contribution in [0.2, 0.25) is 0 Å². The van der Waals surface area contributed by atoms with Crippen molar-refractivity contribution in [1.29, 1.82) is 0 Å². The maximum Gasteiger partial charge on any atom is 0.247 e. The van der Waals surface area contributed by atoms with Crippen LogP contribution in [0.4, 0.5) is 0 Å². The molecular weight excluding hydrogens is 360 g/mol. The predicted octanol–water partition coefficient (Wildman–Crippen LogP) is 4.25. The van der Waals surface area contributed by atoms with E-state index in [-0.39, 0.29) is 11.9 Å². The van der Waals surface area contributed by atoms with E-state index < -0.39 is 0 Å². The Kier molecular flexibility index (Phi) is 4.34. The number of hydrogen-bond acceptors (Lipinski definition) is 2. The lowest BCUT2D eigenvalue weighted by Gasteiger charge is -2.29. The van der Waals surface area contributed by atoms with Gasteiger partial charge in [0, 0.05) is 22.5 Å². The van der Waals surface area contributed by atoms with E-state index in [1.807, 2.05) is 24.3 Å². The van der Waals surface area contributed by atoms with Crippen LogP contribution < -0.4 is 5.32 Å². The molecular formula is C24H28N4O. The highest BCUT2D eigenvalue weighted by atomic mass is 16.1. The molecule has 2 aromatic rings. The zero-order valence-electron chi connectivity index (χ0n) is 17.1. The fourth-order valence-electron chi connectivity index (χ4n) is 4.69. The van der Waals surface area contributed by atoms with Crippen molar-refractivity contribution in [3.8, 4) is 11.4 Å². The minimum absolute atomic E-state index is 0.0442. The molecule has 2 heterocycles. The van der Waals surface area contributed by atoms with Gasteiger partial charge in [-0.3, -0.25) is 9.89 Å². The molecule has 1 atom stereocenters. The van der Waals surface area contributed by atoms with Gasteiger partial charge in [-0.15, -0.1) is 0 Å². The SMILES string of the molecule is CC1(C)CCc2c(-c3cc4c([nH]3)CCC(C(=O)NC3C=CC=CC3)=C4)n[nH]c2C1. The van der Waals surface area contributed by atoms with Gasteiger partial charge in [-0.05, 0) is 61.6 Å². The lowest BCUT2D eigenvalue weighted by atomic mass is 9.76. The molecule has 3 aliphatic carbocycles. The topological polar surface area (TPSA) is 73.6 Å². The van der Waals surface area contributed by atoms with Crippen LogP contribution in [-0.4, -0.2) is 27.1 Å². The molecule has 0 aliphatic heterocycles.